The first-order chi connectivity index (χ1) is 8.21. The van der Waals surface area contributed by atoms with Crippen LogP contribution in [0.1, 0.15) is 45.2 Å². The Morgan fingerprint density at radius 2 is 2.24 bits per heavy atom. The molecule has 1 aromatic rings. The predicted octanol–water partition coefficient (Wildman–Crippen LogP) is 2.37. The Morgan fingerprint density at radius 1 is 1.47 bits per heavy atom. The molecular formula is C13H25N3O. The van der Waals surface area contributed by atoms with Gasteiger partial charge in [-0.25, -0.2) is 0 Å². The van der Waals surface area contributed by atoms with Crippen molar-refractivity contribution < 1.29 is 4.74 Å². The van der Waals surface area contributed by atoms with Crippen LogP contribution in [0.5, 0.6) is 0 Å². The summed E-state index contributed by atoms with van der Waals surface area (Å²) in [5.41, 5.74) is 1.25. The van der Waals surface area contributed by atoms with E-state index in [1.807, 2.05) is 10.9 Å². The molecule has 1 heterocycles. The topological polar surface area (TPSA) is 39.1 Å². The van der Waals surface area contributed by atoms with E-state index >= 15 is 0 Å². The average molecular weight is 239 g/mol. The maximum absolute atomic E-state index is 5.35. The van der Waals surface area contributed by atoms with Gasteiger partial charge in [0.1, 0.15) is 0 Å². The maximum Gasteiger partial charge on any atom is 0.0561 e. The van der Waals surface area contributed by atoms with Crippen LogP contribution in [0.4, 0.5) is 0 Å². The highest BCUT2D eigenvalue weighted by molar-refractivity contribution is 5.10. The third kappa shape index (κ3) is 4.48. The number of ether oxygens (including phenoxy) is 1. The molecule has 2 atom stereocenters. The third-order valence-corrected chi connectivity index (χ3v) is 2.99. The first-order valence-electron chi connectivity index (χ1n) is 6.49. The Kier molecular flexibility index (Phi) is 6.22. The van der Waals surface area contributed by atoms with Gasteiger partial charge in [0, 0.05) is 31.5 Å². The van der Waals surface area contributed by atoms with Gasteiger partial charge in [-0.05, 0) is 33.2 Å². The molecule has 1 rings (SSSR count). The van der Waals surface area contributed by atoms with Crippen LogP contribution in [-0.2, 0) is 11.3 Å². The summed E-state index contributed by atoms with van der Waals surface area (Å²) in [7, 11) is 1.76. The standard InChI is InChI=1S/C13H25N3O/c1-5-7-14-13(8-11(3)17-4)12-9-15-16(6-2)10-12/h9-11,13-14H,5-8H2,1-4H3. The first-order valence-corrected chi connectivity index (χ1v) is 6.49. The minimum atomic E-state index is 0.259. The molecule has 17 heavy (non-hydrogen) atoms. The lowest BCUT2D eigenvalue weighted by molar-refractivity contribution is 0.100. The van der Waals surface area contributed by atoms with Crippen molar-refractivity contribution in [3.05, 3.63) is 18.0 Å². The molecule has 0 amide bonds. The quantitative estimate of drug-likeness (QED) is 0.757. The number of aromatic nitrogens is 2. The van der Waals surface area contributed by atoms with E-state index in [0.29, 0.717) is 6.04 Å². The van der Waals surface area contributed by atoms with Crippen LogP contribution in [0.15, 0.2) is 12.4 Å². The van der Waals surface area contributed by atoms with Crippen LogP contribution in [0.2, 0.25) is 0 Å². The van der Waals surface area contributed by atoms with Crippen molar-refractivity contribution in [3.63, 3.8) is 0 Å². The molecule has 1 aromatic heterocycles. The zero-order valence-electron chi connectivity index (χ0n) is 11.4. The predicted molar refractivity (Wildman–Crippen MR) is 70.0 cm³/mol. The number of rotatable bonds is 8. The van der Waals surface area contributed by atoms with Crippen molar-refractivity contribution >= 4 is 0 Å². The van der Waals surface area contributed by atoms with E-state index in [-0.39, 0.29) is 6.10 Å². The molecule has 4 nitrogen and oxygen atoms in total. The second-order valence-electron chi connectivity index (χ2n) is 4.42. The second-order valence-corrected chi connectivity index (χ2v) is 4.42. The van der Waals surface area contributed by atoms with Gasteiger partial charge >= 0.3 is 0 Å². The molecule has 98 valence electrons. The maximum atomic E-state index is 5.35. The van der Waals surface area contributed by atoms with Gasteiger partial charge in [0.15, 0.2) is 0 Å². The molecule has 0 bridgehead atoms. The highest BCUT2D eigenvalue weighted by Gasteiger charge is 2.15. The van der Waals surface area contributed by atoms with Crippen LogP contribution in [0.25, 0.3) is 0 Å². The Hall–Kier alpha value is -0.870. The molecule has 0 aliphatic rings. The van der Waals surface area contributed by atoms with Crippen molar-refractivity contribution in [1.82, 2.24) is 15.1 Å². The normalized spacial score (nSPS) is 14.8. The van der Waals surface area contributed by atoms with Gasteiger partial charge in [-0.3, -0.25) is 4.68 Å². The Balaban J connectivity index is 2.66. The van der Waals surface area contributed by atoms with Gasteiger partial charge in [0.25, 0.3) is 0 Å². The zero-order chi connectivity index (χ0) is 12.7. The summed E-state index contributed by atoms with van der Waals surface area (Å²) in [6, 6.07) is 0.338. The van der Waals surface area contributed by atoms with Crippen LogP contribution >= 0.6 is 0 Å². The van der Waals surface area contributed by atoms with Crippen LogP contribution in [-0.4, -0.2) is 29.5 Å². The van der Waals surface area contributed by atoms with E-state index in [4.69, 9.17) is 4.74 Å². The van der Waals surface area contributed by atoms with E-state index in [1.165, 1.54) is 5.56 Å². The van der Waals surface area contributed by atoms with E-state index in [0.717, 1.165) is 25.9 Å². The Bertz CT molecular complexity index is 311. The fourth-order valence-corrected chi connectivity index (χ4v) is 1.82. The van der Waals surface area contributed by atoms with Crippen molar-refractivity contribution in [3.8, 4) is 0 Å². The highest BCUT2D eigenvalue weighted by Crippen LogP contribution is 2.19. The number of hydrogen-bond acceptors (Lipinski definition) is 3. The fraction of sp³-hybridized carbons (Fsp3) is 0.769. The molecule has 0 aliphatic carbocycles. The van der Waals surface area contributed by atoms with Crippen LogP contribution in [0.3, 0.4) is 0 Å². The number of methoxy groups -OCH3 is 1. The second kappa shape index (κ2) is 7.45. The highest BCUT2D eigenvalue weighted by atomic mass is 16.5. The van der Waals surface area contributed by atoms with Gasteiger partial charge in [-0.2, -0.15) is 5.10 Å². The number of nitrogens with zero attached hydrogens (tertiary/aromatic N) is 2. The summed E-state index contributed by atoms with van der Waals surface area (Å²) in [5.74, 6) is 0. The lowest BCUT2D eigenvalue weighted by Gasteiger charge is -2.20. The summed E-state index contributed by atoms with van der Waals surface area (Å²) >= 11 is 0. The molecule has 1 N–H and O–H groups in total. The van der Waals surface area contributed by atoms with Crippen molar-refractivity contribution in [1.29, 1.82) is 0 Å². The summed E-state index contributed by atoms with van der Waals surface area (Å²) in [5, 5.41) is 7.89. The number of hydrogen-bond donors (Lipinski definition) is 1. The van der Waals surface area contributed by atoms with Gasteiger partial charge in [0.05, 0.1) is 12.3 Å². The van der Waals surface area contributed by atoms with Gasteiger partial charge in [0.2, 0.25) is 0 Å². The number of aryl methyl sites for hydroxylation is 1. The zero-order valence-corrected chi connectivity index (χ0v) is 11.4. The molecule has 0 spiro atoms. The fourth-order valence-electron chi connectivity index (χ4n) is 1.82. The van der Waals surface area contributed by atoms with E-state index in [2.05, 4.69) is 37.4 Å². The monoisotopic (exact) mass is 239 g/mol. The third-order valence-electron chi connectivity index (χ3n) is 2.99. The van der Waals surface area contributed by atoms with Crippen molar-refractivity contribution in [2.75, 3.05) is 13.7 Å². The summed E-state index contributed by atoms with van der Waals surface area (Å²) in [6.45, 7) is 8.33. The molecule has 0 saturated heterocycles. The van der Waals surface area contributed by atoms with Gasteiger partial charge < -0.3 is 10.1 Å². The van der Waals surface area contributed by atoms with E-state index in [9.17, 15) is 0 Å². The van der Waals surface area contributed by atoms with E-state index < -0.39 is 0 Å². The average Bonchev–Trinajstić information content (AvgIpc) is 2.82. The van der Waals surface area contributed by atoms with E-state index in [1.54, 1.807) is 7.11 Å². The van der Waals surface area contributed by atoms with Crippen molar-refractivity contribution in [2.45, 2.75) is 52.3 Å². The first kappa shape index (κ1) is 14.2. The molecular weight excluding hydrogens is 214 g/mol. The molecule has 4 heteroatoms. The Labute approximate surface area is 104 Å². The smallest absolute Gasteiger partial charge is 0.0561 e. The summed E-state index contributed by atoms with van der Waals surface area (Å²) < 4.78 is 7.31. The Morgan fingerprint density at radius 3 is 2.76 bits per heavy atom. The molecule has 0 fully saturated rings. The van der Waals surface area contributed by atoms with Crippen LogP contribution < -0.4 is 5.32 Å². The van der Waals surface area contributed by atoms with Crippen LogP contribution in [0, 0.1) is 0 Å². The largest absolute Gasteiger partial charge is 0.382 e. The van der Waals surface area contributed by atoms with Gasteiger partial charge in [-0.1, -0.05) is 6.92 Å². The SMILES string of the molecule is CCCNC(CC(C)OC)c1cnn(CC)c1. The summed E-state index contributed by atoms with van der Waals surface area (Å²) in [6.07, 6.45) is 6.45. The van der Waals surface area contributed by atoms with Gasteiger partial charge in [-0.15, -0.1) is 0 Å². The lowest BCUT2D eigenvalue weighted by atomic mass is 10.0. The molecule has 0 aliphatic heterocycles. The van der Waals surface area contributed by atoms with Crippen molar-refractivity contribution in [2.24, 2.45) is 0 Å². The molecule has 0 saturated carbocycles. The molecule has 0 radical (unpaired) electrons. The molecule has 2 unspecified atom stereocenters. The number of nitrogens with one attached hydrogen (secondary N) is 1. The minimum absolute atomic E-state index is 0.259. The lowest BCUT2D eigenvalue weighted by Crippen LogP contribution is -2.25. The minimum Gasteiger partial charge on any atom is -0.382 e. The summed E-state index contributed by atoms with van der Waals surface area (Å²) in [4.78, 5) is 0. The molecule has 0 aromatic carbocycles.